The number of hydrogen-bond acceptors (Lipinski definition) is 5. The van der Waals surface area contributed by atoms with Gasteiger partial charge in [0.2, 0.25) is 0 Å². The third-order valence-electron chi connectivity index (χ3n) is 6.60. The summed E-state index contributed by atoms with van der Waals surface area (Å²) in [6.45, 7) is 2.87. The van der Waals surface area contributed by atoms with Crippen molar-refractivity contribution >= 4 is 27.9 Å². The van der Waals surface area contributed by atoms with Gasteiger partial charge in [0, 0.05) is 41.9 Å². The Bertz CT molecular complexity index is 1220. The van der Waals surface area contributed by atoms with Crippen LogP contribution in [0.4, 0.5) is 5.82 Å². The molecule has 4 aromatic rings. The largest absolute Gasteiger partial charge is 0.384 e. The summed E-state index contributed by atoms with van der Waals surface area (Å²) >= 11 is 0. The van der Waals surface area contributed by atoms with E-state index in [1.807, 2.05) is 20.1 Å². The number of imidazole rings is 1. The summed E-state index contributed by atoms with van der Waals surface area (Å²) in [5.41, 5.74) is 12.0. The molecule has 162 valence electrons. The number of ether oxygens (including phenoxy) is 1. The van der Waals surface area contributed by atoms with Crippen LogP contribution in [0.25, 0.3) is 33.3 Å². The molecule has 0 atom stereocenters. The molecular formula is C24H30N6O. The second kappa shape index (κ2) is 7.98. The van der Waals surface area contributed by atoms with Crippen LogP contribution >= 0.6 is 0 Å². The van der Waals surface area contributed by atoms with Crippen LogP contribution in [0.2, 0.25) is 0 Å². The molecule has 5 rings (SSSR count). The van der Waals surface area contributed by atoms with Gasteiger partial charge in [-0.15, -0.1) is 0 Å². The normalized spacial score (nSPS) is 19.6. The molecule has 0 aliphatic heterocycles. The fourth-order valence-corrected chi connectivity index (χ4v) is 4.89. The Balaban J connectivity index is 1.40. The number of aromatic amines is 2. The van der Waals surface area contributed by atoms with Crippen molar-refractivity contribution in [2.24, 2.45) is 0 Å². The zero-order chi connectivity index (χ0) is 21.5. The predicted octanol–water partition coefficient (Wildman–Crippen LogP) is 4.39. The maximum atomic E-state index is 6.05. The molecule has 1 aliphatic carbocycles. The van der Waals surface area contributed by atoms with Gasteiger partial charge < -0.3 is 20.4 Å². The molecule has 3 aromatic heterocycles. The lowest BCUT2D eigenvalue weighted by atomic mass is 9.92. The Morgan fingerprint density at radius 2 is 1.90 bits per heavy atom. The summed E-state index contributed by atoms with van der Waals surface area (Å²) < 4.78 is 5.52. The number of benzene rings is 1. The van der Waals surface area contributed by atoms with Gasteiger partial charge in [-0.05, 0) is 63.4 Å². The van der Waals surface area contributed by atoms with Gasteiger partial charge in [0.1, 0.15) is 17.2 Å². The van der Waals surface area contributed by atoms with Gasteiger partial charge in [0.15, 0.2) is 5.65 Å². The number of nitrogens with two attached hydrogens (primary N) is 1. The molecule has 31 heavy (non-hydrogen) atoms. The number of nitrogen functional groups attached to an aromatic ring is 1. The van der Waals surface area contributed by atoms with Crippen LogP contribution in [0.5, 0.6) is 0 Å². The summed E-state index contributed by atoms with van der Waals surface area (Å²) in [6, 6.07) is 11.3. The highest BCUT2D eigenvalue weighted by molar-refractivity contribution is 5.95. The molecule has 7 nitrogen and oxygen atoms in total. The number of methoxy groups -OCH3 is 1. The average molecular weight is 419 g/mol. The zero-order valence-electron chi connectivity index (χ0n) is 18.4. The van der Waals surface area contributed by atoms with E-state index in [0.29, 0.717) is 18.0 Å². The van der Waals surface area contributed by atoms with Gasteiger partial charge in [-0.2, -0.15) is 0 Å². The lowest BCUT2D eigenvalue weighted by molar-refractivity contribution is 0.0427. The summed E-state index contributed by atoms with van der Waals surface area (Å²) in [5, 5.41) is 1.18. The van der Waals surface area contributed by atoms with Crippen LogP contribution in [0, 0.1) is 6.92 Å². The number of rotatable bonds is 5. The first-order valence-corrected chi connectivity index (χ1v) is 11.0. The van der Waals surface area contributed by atoms with Crippen molar-refractivity contribution in [3.8, 4) is 11.3 Å². The maximum absolute atomic E-state index is 6.05. The minimum Gasteiger partial charge on any atom is -0.384 e. The van der Waals surface area contributed by atoms with E-state index >= 15 is 0 Å². The minimum atomic E-state index is 0.435. The van der Waals surface area contributed by atoms with Gasteiger partial charge in [0.25, 0.3) is 0 Å². The van der Waals surface area contributed by atoms with Crippen molar-refractivity contribution in [1.82, 2.24) is 24.8 Å². The average Bonchev–Trinajstić information content (AvgIpc) is 3.35. The highest BCUT2D eigenvalue weighted by atomic mass is 16.5. The molecular weight excluding hydrogens is 388 g/mol. The Morgan fingerprint density at radius 1 is 1.10 bits per heavy atom. The van der Waals surface area contributed by atoms with Crippen molar-refractivity contribution in [1.29, 1.82) is 0 Å². The number of nitrogens with zero attached hydrogens (tertiary/aromatic N) is 3. The number of fused-ring (bicyclic) bond motifs is 2. The first-order valence-electron chi connectivity index (χ1n) is 11.0. The molecule has 1 saturated carbocycles. The number of pyridine rings is 1. The maximum Gasteiger partial charge on any atom is 0.160 e. The van der Waals surface area contributed by atoms with E-state index in [-0.39, 0.29) is 0 Å². The topological polar surface area (TPSA) is 95.8 Å². The SMILES string of the molecule is CO[C@H]1CC[C@@H](N(C)Cc2ccc3cc(-c4cc(N)nc5[nH]c(C)nc45)[nH]c3c2)CC1. The fraction of sp³-hybridized carbons (Fsp3) is 0.417. The lowest BCUT2D eigenvalue weighted by Gasteiger charge is -2.34. The third-order valence-corrected chi connectivity index (χ3v) is 6.60. The molecule has 1 aromatic carbocycles. The quantitative estimate of drug-likeness (QED) is 0.447. The standard InChI is InChI=1S/C24H30N6O/c1-14-26-23-19(12-22(25)29-24(23)27-14)21-11-16-5-4-15(10-20(16)28-21)13-30(2)17-6-8-18(31-3)9-7-17/h4-5,10-12,17-18,28H,6-9,13H2,1-3H3,(H3,25,26,27,29)/t17-,18+. The van der Waals surface area contributed by atoms with Crippen LogP contribution in [0.3, 0.4) is 0 Å². The molecule has 0 bridgehead atoms. The van der Waals surface area contributed by atoms with Crippen LogP contribution in [0.1, 0.15) is 37.1 Å². The number of anilines is 1. The second-order valence-electron chi connectivity index (χ2n) is 8.80. The number of nitrogens with one attached hydrogen (secondary N) is 2. The highest BCUT2D eigenvalue weighted by Gasteiger charge is 2.24. The van der Waals surface area contributed by atoms with Gasteiger partial charge in [-0.3, -0.25) is 4.90 Å². The van der Waals surface area contributed by atoms with Gasteiger partial charge in [-0.25, -0.2) is 9.97 Å². The second-order valence-corrected chi connectivity index (χ2v) is 8.80. The number of H-pyrrole nitrogens is 2. The summed E-state index contributed by atoms with van der Waals surface area (Å²) in [5.74, 6) is 1.31. The van der Waals surface area contributed by atoms with Crippen molar-refractivity contribution in [2.75, 3.05) is 19.9 Å². The van der Waals surface area contributed by atoms with Gasteiger partial charge in [-0.1, -0.05) is 12.1 Å². The molecule has 1 aliphatic rings. The van der Waals surface area contributed by atoms with Crippen molar-refractivity contribution in [3.63, 3.8) is 0 Å². The summed E-state index contributed by atoms with van der Waals surface area (Å²) in [4.78, 5) is 18.2. The van der Waals surface area contributed by atoms with E-state index in [1.54, 1.807) is 0 Å². The third kappa shape index (κ3) is 3.91. The Labute approximate surface area is 182 Å². The van der Waals surface area contributed by atoms with Gasteiger partial charge in [0.05, 0.1) is 6.10 Å². The van der Waals surface area contributed by atoms with E-state index in [1.165, 1.54) is 23.8 Å². The molecule has 1 fully saturated rings. The Kier molecular flexibility index (Phi) is 5.16. The van der Waals surface area contributed by atoms with E-state index in [9.17, 15) is 0 Å². The Hall–Kier alpha value is -2.90. The van der Waals surface area contributed by atoms with E-state index in [0.717, 1.165) is 53.1 Å². The number of aryl methyl sites for hydroxylation is 1. The molecule has 3 heterocycles. The fourth-order valence-electron chi connectivity index (χ4n) is 4.89. The van der Waals surface area contributed by atoms with Crippen molar-refractivity contribution in [2.45, 2.75) is 51.3 Å². The molecule has 0 saturated heterocycles. The molecule has 0 radical (unpaired) electrons. The van der Waals surface area contributed by atoms with Crippen molar-refractivity contribution in [3.05, 3.63) is 41.7 Å². The van der Waals surface area contributed by atoms with Crippen molar-refractivity contribution < 1.29 is 4.74 Å². The van der Waals surface area contributed by atoms with Crippen LogP contribution in [-0.4, -0.2) is 51.1 Å². The highest BCUT2D eigenvalue weighted by Crippen LogP contribution is 2.31. The molecule has 0 spiro atoms. The molecule has 0 amide bonds. The van der Waals surface area contributed by atoms with E-state index in [2.05, 4.69) is 56.1 Å². The smallest absolute Gasteiger partial charge is 0.160 e. The van der Waals surface area contributed by atoms with Crippen LogP contribution < -0.4 is 5.73 Å². The summed E-state index contributed by atoms with van der Waals surface area (Å²) in [7, 11) is 4.06. The predicted molar refractivity (Wildman–Crippen MR) is 125 cm³/mol. The van der Waals surface area contributed by atoms with Crippen LogP contribution in [-0.2, 0) is 11.3 Å². The minimum absolute atomic E-state index is 0.435. The Morgan fingerprint density at radius 3 is 2.68 bits per heavy atom. The number of hydrogen-bond donors (Lipinski definition) is 3. The molecule has 0 unspecified atom stereocenters. The van der Waals surface area contributed by atoms with E-state index in [4.69, 9.17) is 10.5 Å². The lowest BCUT2D eigenvalue weighted by Crippen LogP contribution is -2.36. The zero-order valence-corrected chi connectivity index (χ0v) is 18.4. The monoisotopic (exact) mass is 418 g/mol. The first kappa shape index (κ1) is 20.0. The van der Waals surface area contributed by atoms with Crippen LogP contribution in [0.15, 0.2) is 30.3 Å². The van der Waals surface area contributed by atoms with Gasteiger partial charge >= 0.3 is 0 Å². The molecule has 4 N–H and O–H groups in total. The molecule has 7 heteroatoms. The van der Waals surface area contributed by atoms with E-state index < -0.39 is 0 Å². The summed E-state index contributed by atoms with van der Waals surface area (Å²) in [6.07, 6.45) is 5.14. The first-order chi connectivity index (χ1) is 15.0. The number of aromatic nitrogens is 4.